The van der Waals surface area contributed by atoms with Gasteiger partial charge in [-0.3, -0.25) is 0 Å². The van der Waals surface area contributed by atoms with Crippen molar-refractivity contribution in [1.82, 2.24) is 20.2 Å². The minimum absolute atomic E-state index is 0.185. The number of hydrogen-bond acceptors (Lipinski definition) is 7. The van der Waals surface area contributed by atoms with Gasteiger partial charge in [0, 0.05) is 5.75 Å². The monoisotopic (exact) mass is 308 g/mol. The molecule has 1 aromatic carbocycles. The van der Waals surface area contributed by atoms with Crippen LogP contribution >= 0.6 is 11.8 Å². The molecule has 1 aromatic heterocycles. The summed E-state index contributed by atoms with van der Waals surface area (Å²) in [4.78, 5) is 0. The van der Waals surface area contributed by atoms with Crippen molar-refractivity contribution < 1.29 is 14.2 Å². The normalized spacial score (nSPS) is 18.6. The van der Waals surface area contributed by atoms with E-state index >= 15 is 0 Å². The van der Waals surface area contributed by atoms with Crippen LogP contribution in [0, 0.1) is 0 Å². The summed E-state index contributed by atoms with van der Waals surface area (Å²) < 4.78 is 17.5. The largest absolute Gasteiger partial charge is 0.497 e. The van der Waals surface area contributed by atoms with Crippen molar-refractivity contribution >= 4 is 11.8 Å². The van der Waals surface area contributed by atoms with Crippen molar-refractivity contribution in [3.05, 3.63) is 24.3 Å². The number of nitrogens with zero attached hydrogens (tertiary/aromatic N) is 4. The van der Waals surface area contributed by atoms with Gasteiger partial charge in [-0.25, -0.2) is 0 Å². The predicted molar refractivity (Wildman–Crippen MR) is 76.7 cm³/mol. The van der Waals surface area contributed by atoms with Crippen molar-refractivity contribution in [2.75, 3.05) is 26.3 Å². The molecule has 0 N–H and O–H groups in total. The number of hydrogen-bond donors (Lipinski definition) is 0. The molecule has 0 spiro atoms. The molecular weight excluding hydrogens is 292 g/mol. The van der Waals surface area contributed by atoms with Crippen LogP contribution in [0.5, 0.6) is 5.75 Å². The number of methoxy groups -OCH3 is 1. The van der Waals surface area contributed by atoms with Crippen molar-refractivity contribution in [1.29, 1.82) is 0 Å². The summed E-state index contributed by atoms with van der Waals surface area (Å²) in [5, 5.41) is 12.6. The Morgan fingerprint density at radius 2 is 2.24 bits per heavy atom. The molecule has 3 rings (SSSR count). The van der Waals surface area contributed by atoms with Gasteiger partial charge in [0.2, 0.25) is 5.16 Å². The Hall–Kier alpha value is -1.64. The molecule has 0 amide bonds. The Morgan fingerprint density at radius 1 is 1.38 bits per heavy atom. The molecule has 1 atom stereocenters. The summed E-state index contributed by atoms with van der Waals surface area (Å²) in [5.74, 6) is 1.61. The standard InChI is InChI=1S/C13H16N4O3S/c1-18-11-4-2-10(3-5-11)17-13(14-15-16-17)21-8-12-6-7-19-9-20-12/h2-5,12H,6-9H2,1H3/t12-/m1/s1. The van der Waals surface area contributed by atoms with Gasteiger partial charge in [-0.2, -0.15) is 4.68 Å². The molecule has 0 saturated carbocycles. The Balaban J connectivity index is 1.67. The number of rotatable bonds is 5. The average molecular weight is 308 g/mol. The Bertz CT molecular complexity index is 569. The van der Waals surface area contributed by atoms with Crippen molar-refractivity contribution in [2.24, 2.45) is 0 Å². The van der Waals surface area contributed by atoms with Gasteiger partial charge in [-0.05, 0) is 41.1 Å². The minimum Gasteiger partial charge on any atom is -0.497 e. The van der Waals surface area contributed by atoms with Crippen LogP contribution in [-0.4, -0.2) is 52.6 Å². The maximum atomic E-state index is 5.51. The molecule has 2 heterocycles. The lowest BCUT2D eigenvalue weighted by Crippen LogP contribution is -2.25. The first-order valence-corrected chi connectivity index (χ1v) is 7.60. The van der Waals surface area contributed by atoms with E-state index in [0.717, 1.165) is 35.4 Å². The van der Waals surface area contributed by atoms with Gasteiger partial charge in [-0.1, -0.05) is 11.8 Å². The summed E-state index contributed by atoms with van der Waals surface area (Å²) in [5.41, 5.74) is 0.899. The minimum atomic E-state index is 0.185. The third kappa shape index (κ3) is 3.52. The van der Waals surface area contributed by atoms with Gasteiger partial charge >= 0.3 is 0 Å². The molecule has 1 fully saturated rings. The Kier molecular flexibility index (Phi) is 4.69. The third-order valence-corrected chi connectivity index (χ3v) is 4.18. The van der Waals surface area contributed by atoms with E-state index in [9.17, 15) is 0 Å². The first kappa shape index (κ1) is 14.3. The van der Waals surface area contributed by atoms with Gasteiger partial charge in [0.05, 0.1) is 25.5 Å². The highest BCUT2D eigenvalue weighted by Gasteiger charge is 2.17. The molecule has 7 nitrogen and oxygen atoms in total. The highest BCUT2D eigenvalue weighted by atomic mass is 32.2. The lowest BCUT2D eigenvalue weighted by Gasteiger charge is -2.21. The van der Waals surface area contributed by atoms with Crippen LogP contribution in [0.4, 0.5) is 0 Å². The van der Waals surface area contributed by atoms with Crippen LogP contribution in [0.2, 0.25) is 0 Å². The highest BCUT2D eigenvalue weighted by Crippen LogP contribution is 2.22. The van der Waals surface area contributed by atoms with E-state index < -0.39 is 0 Å². The quantitative estimate of drug-likeness (QED) is 0.776. The van der Waals surface area contributed by atoms with E-state index in [2.05, 4.69) is 15.5 Å². The first-order valence-electron chi connectivity index (χ1n) is 6.62. The number of benzene rings is 1. The first-order chi connectivity index (χ1) is 10.4. The smallest absolute Gasteiger partial charge is 0.214 e. The zero-order valence-electron chi connectivity index (χ0n) is 11.6. The van der Waals surface area contributed by atoms with E-state index in [1.165, 1.54) is 0 Å². The van der Waals surface area contributed by atoms with Gasteiger partial charge in [-0.15, -0.1) is 5.10 Å². The van der Waals surface area contributed by atoms with Crippen LogP contribution in [0.1, 0.15) is 6.42 Å². The zero-order valence-corrected chi connectivity index (χ0v) is 12.5. The molecule has 8 heteroatoms. The fraction of sp³-hybridized carbons (Fsp3) is 0.462. The summed E-state index contributed by atoms with van der Waals surface area (Å²) in [6.07, 6.45) is 1.08. The fourth-order valence-electron chi connectivity index (χ4n) is 1.95. The van der Waals surface area contributed by atoms with Crippen LogP contribution in [-0.2, 0) is 9.47 Å². The summed E-state index contributed by atoms with van der Waals surface area (Å²) in [6.45, 7) is 1.11. The molecule has 2 aromatic rings. The second kappa shape index (κ2) is 6.88. The van der Waals surface area contributed by atoms with Crippen LogP contribution in [0.25, 0.3) is 5.69 Å². The Labute approximate surface area is 126 Å². The lowest BCUT2D eigenvalue weighted by molar-refractivity contribution is -0.130. The van der Waals surface area contributed by atoms with Crippen LogP contribution in [0.15, 0.2) is 29.4 Å². The number of tetrazole rings is 1. The fourth-order valence-corrected chi connectivity index (χ4v) is 2.91. The summed E-state index contributed by atoms with van der Waals surface area (Å²) in [6, 6.07) is 7.61. The third-order valence-electron chi connectivity index (χ3n) is 3.13. The molecule has 0 radical (unpaired) electrons. The SMILES string of the molecule is COc1ccc(-n2nnnc2SC[C@H]2CCOCO2)cc1. The second-order valence-corrected chi connectivity index (χ2v) is 5.47. The summed E-state index contributed by atoms with van der Waals surface area (Å²) in [7, 11) is 1.64. The van der Waals surface area contributed by atoms with Crippen LogP contribution < -0.4 is 4.74 Å². The van der Waals surface area contributed by atoms with E-state index in [1.807, 2.05) is 24.3 Å². The maximum absolute atomic E-state index is 5.51. The molecule has 1 aliphatic rings. The molecule has 0 bridgehead atoms. The van der Waals surface area contributed by atoms with Crippen LogP contribution in [0.3, 0.4) is 0 Å². The number of aromatic nitrogens is 4. The zero-order chi connectivity index (χ0) is 14.5. The highest BCUT2D eigenvalue weighted by molar-refractivity contribution is 7.99. The second-order valence-electron chi connectivity index (χ2n) is 4.49. The van der Waals surface area contributed by atoms with Crippen molar-refractivity contribution in [2.45, 2.75) is 17.7 Å². The molecule has 21 heavy (non-hydrogen) atoms. The molecule has 1 aliphatic heterocycles. The van der Waals surface area contributed by atoms with E-state index in [-0.39, 0.29) is 6.10 Å². The predicted octanol–water partition coefficient (Wildman–Crippen LogP) is 1.53. The Morgan fingerprint density at radius 3 is 2.95 bits per heavy atom. The van der Waals surface area contributed by atoms with Gasteiger partial charge < -0.3 is 14.2 Å². The number of ether oxygens (including phenoxy) is 3. The lowest BCUT2D eigenvalue weighted by atomic mass is 10.3. The van der Waals surface area contributed by atoms with Gasteiger partial charge in [0.25, 0.3) is 0 Å². The van der Waals surface area contributed by atoms with E-state index in [4.69, 9.17) is 14.2 Å². The topological polar surface area (TPSA) is 71.3 Å². The van der Waals surface area contributed by atoms with E-state index in [1.54, 1.807) is 23.6 Å². The van der Waals surface area contributed by atoms with Crippen molar-refractivity contribution in [3.63, 3.8) is 0 Å². The molecule has 1 saturated heterocycles. The summed E-state index contributed by atoms with van der Waals surface area (Å²) >= 11 is 1.58. The van der Waals surface area contributed by atoms with E-state index in [0.29, 0.717) is 6.79 Å². The molecule has 0 aliphatic carbocycles. The molecule has 0 unspecified atom stereocenters. The molecular formula is C13H16N4O3S. The van der Waals surface area contributed by atoms with Gasteiger partial charge in [0.15, 0.2) is 0 Å². The van der Waals surface area contributed by atoms with Gasteiger partial charge in [0.1, 0.15) is 12.5 Å². The number of thioether (sulfide) groups is 1. The maximum Gasteiger partial charge on any atom is 0.214 e. The average Bonchev–Trinajstić information content (AvgIpc) is 3.02. The molecule has 112 valence electrons. The van der Waals surface area contributed by atoms with Crippen molar-refractivity contribution in [3.8, 4) is 11.4 Å².